The summed E-state index contributed by atoms with van der Waals surface area (Å²) in [5, 5.41) is 13.4. The van der Waals surface area contributed by atoms with E-state index >= 15 is 0 Å². The molecular formula is C23H47NO. The fourth-order valence-electron chi connectivity index (χ4n) is 4.16. The van der Waals surface area contributed by atoms with Crippen molar-refractivity contribution in [2.75, 3.05) is 13.1 Å². The first-order chi connectivity index (χ1) is 12.3. The topological polar surface area (TPSA) is 32.3 Å². The van der Waals surface area contributed by atoms with Gasteiger partial charge in [-0.25, -0.2) is 0 Å². The second-order valence-corrected chi connectivity index (χ2v) is 8.41. The molecule has 0 radical (unpaired) electrons. The fourth-order valence-corrected chi connectivity index (χ4v) is 4.16. The van der Waals surface area contributed by atoms with E-state index < -0.39 is 0 Å². The molecule has 1 aliphatic heterocycles. The van der Waals surface area contributed by atoms with E-state index in [0.717, 1.165) is 19.5 Å². The minimum absolute atomic E-state index is 0.0439. The van der Waals surface area contributed by atoms with Crippen LogP contribution < -0.4 is 5.32 Å². The lowest BCUT2D eigenvalue weighted by Crippen LogP contribution is -2.39. The van der Waals surface area contributed by atoms with Crippen molar-refractivity contribution in [2.24, 2.45) is 5.92 Å². The third kappa shape index (κ3) is 13.7. The van der Waals surface area contributed by atoms with E-state index in [9.17, 15) is 5.11 Å². The summed E-state index contributed by atoms with van der Waals surface area (Å²) in [7, 11) is 0. The van der Waals surface area contributed by atoms with Gasteiger partial charge in [0.25, 0.3) is 0 Å². The lowest BCUT2D eigenvalue weighted by Gasteiger charge is -2.28. The highest BCUT2D eigenvalue weighted by atomic mass is 16.3. The van der Waals surface area contributed by atoms with E-state index in [2.05, 4.69) is 12.2 Å². The maximum atomic E-state index is 9.95. The van der Waals surface area contributed by atoms with E-state index in [-0.39, 0.29) is 6.10 Å². The summed E-state index contributed by atoms with van der Waals surface area (Å²) in [5.41, 5.74) is 0. The van der Waals surface area contributed by atoms with Gasteiger partial charge in [-0.15, -0.1) is 0 Å². The van der Waals surface area contributed by atoms with Gasteiger partial charge in [0, 0.05) is 6.54 Å². The van der Waals surface area contributed by atoms with Gasteiger partial charge < -0.3 is 10.4 Å². The summed E-state index contributed by atoms with van der Waals surface area (Å²) in [4.78, 5) is 0. The van der Waals surface area contributed by atoms with Gasteiger partial charge in [0.05, 0.1) is 6.10 Å². The molecule has 0 aromatic heterocycles. The number of hydrogen-bond donors (Lipinski definition) is 2. The van der Waals surface area contributed by atoms with Crippen LogP contribution in [0.3, 0.4) is 0 Å². The SMILES string of the molecule is CCCCCCCCCCCCCCCCCCC1CNCCC1O. The molecule has 0 amide bonds. The first kappa shape index (κ1) is 23.0. The maximum absolute atomic E-state index is 9.95. The molecule has 0 bridgehead atoms. The molecule has 25 heavy (non-hydrogen) atoms. The molecule has 1 heterocycles. The Balaban J connectivity index is 1.70. The average Bonchev–Trinajstić information content (AvgIpc) is 2.63. The molecule has 2 unspecified atom stereocenters. The van der Waals surface area contributed by atoms with E-state index in [0.29, 0.717) is 5.92 Å². The van der Waals surface area contributed by atoms with E-state index in [1.165, 1.54) is 109 Å². The molecule has 0 aromatic carbocycles. The molecule has 2 nitrogen and oxygen atoms in total. The zero-order valence-electron chi connectivity index (χ0n) is 17.2. The number of nitrogens with one attached hydrogen (secondary N) is 1. The Morgan fingerprint density at radius 3 is 1.56 bits per heavy atom. The second kappa shape index (κ2) is 17.3. The van der Waals surface area contributed by atoms with Crippen LogP contribution in [0, 0.1) is 5.92 Å². The third-order valence-electron chi connectivity index (χ3n) is 6.00. The summed E-state index contributed by atoms with van der Waals surface area (Å²) in [6.45, 7) is 4.32. The molecule has 0 spiro atoms. The van der Waals surface area contributed by atoms with Crippen molar-refractivity contribution in [1.82, 2.24) is 5.32 Å². The molecule has 2 atom stereocenters. The smallest absolute Gasteiger partial charge is 0.0592 e. The second-order valence-electron chi connectivity index (χ2n) is 8.41. The van der Waals surface area contributed by atoms with Crippen molar-refractivity contribution < 1.29 is 5.11 Å². The van der Waals surface area contributed by atoms with Crippen molar-refractivity contribution in [3.05, 3.63) is 0 Å². The number of unbranched alkanes of at least 4 members (excludes halogenated alkanes) is 15. The molecular weight excluding hydrogens is 306 g/mol. The maximum Gasteiger partial charge on any atom is 0.0592 e. The van der Waals surface area contributed by atoms with Crippen LogP contribution in [-0.4, -0.2) is 24.3 Å². The van der Waals surface area contributed by atoms with Crippen LogP contribution >= 0.6 is 0 Å². The first-order valence-electron chi connectivity index (χ1n) is 11.7. The molecule has 0 aromatic rings. The van der Waals surface area contributed by atoms with Crippen molar-refractivity contribution in [2.45, 2.75) is 129 Å². The van der Waals surface area contributed by atoms with Gasteiger partial charge in [-0.1, -0.05) is 110 Å². The predicted molar refractivity (Wildman–Crippen MR) is 111 cm³/mol. The van der Waals surface area contributed by atoms with Gasteiger partial charge >= 0.3 is 0 Å². The van der Waals surface area contributed by atoms with Crippen molar-refractivity contribution in [3.63, 3.8) is 0 Å². The highest BCUT2D eigenvalue weighted by Crippen LogP contribution is 2.19. The molecule has 2 heteroatoms. The summed E-state index contributed by atoms with van der Waals surface area (Å²) >= 11 is 0. The number of piperidine rings is 1. The van der Waals surface area contributed by atoms with Gasteiger partial charge in [-0.2, -0.15) is 0 Å². The van der Waals surface area contributed by atoms with E-state index in [4.69, 9.17) is 0 Å². The molecule has 150 valence electrons. The molecule has 1 aliphatic rings. The Bertz CT molecular complexity index is 269. The van der Waals surface area contributed by atoms with E-state index in [1.807, 2.05) is 0 Å². The minimum atomic E-state index is -0.0439. The van der Waals surface area contributed by atoms with Crippen LogP contribution in [-0.2, 0) is 0 Å². The Morgan fingerprint density at radius 2 is 1.12 bits per heavy atom. The lowest BCUT2D eigenvalue weighted by atomic mass is 9.90. The highest BCUT2D eigenvalue weighted by molar-refractivity contribution is 4.77. The van der Waals surface area contributed by atoms with Crippen LogP contribution in [0.25, 0.3) is 0 Å². The lowest BCUT2D eigenvalue weighted by molar-refractivity contribution is 0.0731. The van der Waals surface area contributed by atoms with Gasteiger partial charge in [0.15, 0.2) is 0 Å². The molecule has 0 saturated carbocycles. The molecule has 1 saturated heterocycles. The summed E-state index contributed by atoms with van der Waals surface area (Å²) in [6.07, 6.45) is 25.0. The first-order valence-corrected chi connectivity index (χ1v) is 11.7. The molecule has 2 N–H and O–H groups in total. The normalized spacial score (nSPS) is 20.9. The minimum Gasteiger partial charge on any atom is -0.393 e. The van der Waals surface area contributed by atoms with Gasteiger partial charge in [-0.05, 0) is 25.3 Å². The zero-order chi connectivity index (χ0) is 18.0. The van der Waals surface area contributed by atoms with Crippen LogP contribution in [0.1, 0.15) is 122 Å². The average molecular weight is 354 g/mol. The van der Waals surface area contributed by atoms with Crippen LogP contribution in [0.2, 0.25) is 0 Å². The van der Waals surface area contributed by atoms with Gasteiger partial charge in [0.1, 0.15) is 0 Å². The zero-order valence-corrected chi connectivity index (χ0v) is 17.2. The summed E-state index contributed by atoms with van der Waals surface area (Å²) in [6, 6.07) is 0. The molecule has 1 fully saturated rings. The van der Waals surface area contributed by atoms with Crippen molar-refractivity contribution in [3.8, 4) is 0 Å². The Labute approximate surface area is 158 Å². The van der Waals surface area contributed by atoms with Crippen molar-refractivity contribution in [1.29, 1.82) is 0 Å². The van der Waals surface area contributed by atoms with Crippen LogP contribution in [0.15, 0.2) is 0 Å². The fraction of sp³-hybridized carbons (Fsp3) is 1.00. The molecule has 1 rings (SSSR count). The van der Waals surface area contributed by atoms with Crippen LogP contribution in [0.5, 0.6) is 0 Å². The largest absolute Gasteiger partial charge is 0.393 e. The van der Waals surface area contributed by atoms with Gasteiger partial charge in [0.2, 0.25) is 0 Å². The summed E-state index contributed by atoms with van der Waals surface area (Å²) < 4.78 is 0. The quantitative estimate of drug-likeness (QED) is 0.288. The Morgan fingerprint density at radius 1 is 0.680 bits per heavy atom. The third-order valence-corrected chi connectivity index (χ3v) is 6.00. The van der Waals surface area contributed by atoms with Gasteiger partial charge in [-0.3, -0.25) is 0 Å². The van der Waals surface area contributed by atoms with Crippen LogP contribution in [0.4, 0.5) is 0 Å². The Hall–Kier alpha value is -0.0800. The standard InChI is InChI=1S/C23H47NO/c1-2-3-4-5-6-7-8-9-10-11-12-13-14-15-16-17-18-22-21-24-20-19-23(22)25/h22-25H,2-21H2,1H3. The number of aliphatic hydroxyl groups is 1. The number of hydrogen-bond acceptors (Lipinski definition) is 2. The Kier molecular flexibility index (Phi) is 15.9. The number of aliphatic hydroxyl groups excluding tert-OH is 1. The molecule has 0 aliphatic carbocycles. The van der Waals surface area contributed by atoms with Crippen molar-refractivity contribution >= 4 is 0 Å². The van der Waals surface area contributed by atoms with E-state index in [1.54, 1.807) is 0 Å². The predicted octanol–water partition coefficient (Wildman–Crippen LogP) is 6.61. The summed E-state index contributed by atoms with van der Waals surface area (Å²) in [5.74, 6) is 0.514. The highest BCUT2D eigenvalue weighted by Gasteiger charge is 2.21. The number of rotatable bonds is 17. The monoisotopic (exact) mass is 353 g/mol.